The van der Waals surface area contributed by atoms with Gasteiger partial charge in [-0.1, -0.05) is 17.7 Å². The van der Waals surface area contributed by atoms with Gasteiger partial charge in [-0.3, -0.25) is 0 Å². The van der Waals surface area contributed by atoms with Gasteiger partial charge in [-0.25, -0.2) is 4.39 Å². The molecule has 1 aliphatic heterocycles. The van der Waals surface area contributed by atoms with Gasteiger partial charge in [0.1, 0.15) is 5.82 Å². The number of halogens is 2. The Morgan fingerprint density at radius 1 is 1.59 bits per heavy atom. The van der Waals surface area contributed by atoms with Crippen molar-refractivity contribution in [1.29, 1.82) is 0 Å². The fourth-order valence-electron chi connectivity index (χ4n) is 2.04. The van der Waals surface area contributed by atoms with Crippen molar-refractivity contribution in [1.82, 2.24) is 5.32 Å². The molecule has 1 N–H and O–H groups in total. The van der Waals surface area contributed by atoms with Crippen LogP contribution in [0.2, 0.25) is 5.02 Å². The molecule has 1 aromatic carbocycles. The van der Waals surface area contributed by atoms with Gasteiger partial charge in [-0.15, -0.1) is 0 Å². The van der Waals surface area contributed by atoms with Crippen molar-refractivity contribution >= 4 is 11.6 Å². The standard InChI is InChI=1S/C13H17ClFNO/c1-9(11-4-5-17-8-11)16-7-10-2-3-13(15)12(14)6-10/h2-3,6,9,11,16H,4-5,7-8H2,1H3. The number of hydrogen-bond acceptors (Lipinski definition) is 2. The van der Waals surface area contributed by atoms with Gasteiger partial charge in [-0.05, 0) is 37.0 Å². The lowest BCUT2D eigenvalue weighted by atomic mass is 10.0. The smallest absolute Gasteiger partial charge is 0.141 e. The zero-order valence-corrected chi connectivity index (χ0v) is 10.6. The van der Waals surface area contributed by atoms with Crippen LogP contribution in [0.5, 0.6) is 0 Å². The summed E-state index contributed by atoms with van der Waals surface area (Å²) in [7, 11) is 0. The first-order valence-electron chi connectivity index (χ1n) is 5.92. The van der Waals surface area contributed by atoms with Crippen molar-refractivity contribution in [2.24, 2.45) is 5.92 Å². The van der Waals surface area contributed by atoms with Crippen LogP contribution in [0.15, 0.2) is 18.2 Å². The number of rotatable bonds is 4. The molecule has 1 fully saturated rings. The topological polar surface area (TPSA) is 21.3 Å². The molecule has 0 aromatic heterocycles. The van der Waals surface area contributed by atoms with E-state index in [1.54, 1.807) is 12.1 Å². The molecular formula is C13H17ClFNO. The molecule has 0 aliphatic carbocycles. The SMILES string of the molecule is CC(NCc1ccc(F)c(Cl)c1)C1CCOC1. The average molecular weight is 258 g/mol. The summed E-state index contributed by atoms with van der Waals surface area (Å²) in [4.78, 5) is 0. The summed E-state index contributed by atoms with van der Waals surface area (Å²) < 4.78 is 18.3. The third-order valence-electron chi connectivity index (χ3n) is 3.28. The molecule has 17 heavy (non-hydrogen) atoms. The molecule has 2 unspecified atom stereocenters. The first-order chi connectivity index (χ1) is 8.16. The van der Waals surface area contributed by atoms with Crippen LogP contribution in [0.4, 0.5) is 4.39 Å². The van der Waals surface area contributed by atoms with Crippen molar-refractivity contribution in [3.8, 4) is 0 Å². The van der Waals surface area contributed by atoms with E-state index in [1.807, 2.05) is 0 Å². The molecule has 1 aromatic rings. The molecular weight excluding hydrogens is 241 g/mol. The normalized spacial score (nSPS) is 21.7. The van der Waals surface area contributed by atoms with Crippen molar-refractivity contribution in [2.45, 2.75) is 25.9 Å². The van der Waals surface area contributed by atoms with Crippen LogP contribution in [-0.2, 0) is 11.3 Å². The Morgan fingerprint density at radius 3 is 3.06 bits per heavy atom. The van der Waals surface area contributed by atoms with Crippen LogP contribution in [0.3, 0.4) is 0 Å². The van der Waals surface area contributed by atoms with Gasteiger partial charge in [0.15, 0.2) is 0 Å². The maximum atomic E-state index is 13.0. The molecule has 0 amide bonds. The maximum absolute atomic E-state index is 13.0. The highest BCUT2D eigenvalue weighted by molar-refractivity contribution is 6.30. The number of nitrogens with one attached hydrogen (secondary N) is 1. The maximum Gasteiger partial charge on any atom is 0.141 e. The van der Waals surface area contributed by atoms with E-state index in [9.17, 15) is 4.39 Å². The summed E-state index contributed by atoms with van der Waals surface area (Å²) in [6.45, 7) is 4.56. The summed E-state index contributed by atoms with van der Waals surface area (Å²) in [6, 6.07) is 5.23. The van der Waals surface area contributed by atoms with E-state index in [2.05, 4.69) is 12.2 Å². The Morgan fingerprint density at radius 2 is 2.41 bits per heavy atom. The molecule has 0 bridgehead atoms. The first-order valence-corrected chi connectivity index (χ1v) is 6.29. The first kappa shape index (κ1) is 12.8. The van der Waals surface area contributed by atoms with Crippen molar-refractivity contribution in [2.75, 3.05) is 13.2 Å². The zero-order valence-electron chi connectivity index (χ0n) is 9.88. The van der Waals surface area contributed by atoms with Crippen molar-refractivity contribution in [3.05, 3.63) is 34.6 Å². The van der Waals surface area contributed by atoms with Crippen LogP contribution in [0.1, 0.15) is 18.9 Å². The Bertz CT molecular complexity index is 380. The van der Waals surface area contributed by atoms with E-state index in [0.29, 0.717) is 18.5 Å². The molecule has 0 saturated carbocycles. The van der Waals surface area contributed by atoms with Gasteiger partial charge >= 0.3 is 0 Å². The second-order valence-corrected chi connectivity index (χ2v) is 4.95. The molecule has 1 saturated heterocycles. The van der Waals surface area contributed by atoms with Gasteiger partial charge in [0, 0.05) is 19.2 Å². The number of benzene rings is 1. The zero-order chi connectivity index (χ0) is 12.3. The van der Waals surface area contributed by atoms with Crippen molar-refractivity contribution in [3.63, 3.8) is 0 Å². The summed E-state index contributed by atoms with van der Waals surface area (Å²) >= 11 is 5.73. The number of hydrogen-bond donors (Lipinski definition) is 1. The van der Waals surface area contributed by atoms with E-state index in [1.165, 1.54) is 6.07 Å². The van der Waals surface area contributed by atoms with Gasteiger partial charge in [-0.2, -0.15) is 0 Å². The summed E-state index contributed by atoms with van der Waals surface area (Å²) in [6.07, 6.45) is 1.11. The minimum Gasteiger partial charge on any atom is -0.381 e. The molecule has 0 radical (unpaired) electrons. The fraction of sp³-hybridized carbons (Fsp3) is 0.538. The molecule has 4 heteroatoms. The highest BCUT2D eigenvalue weighted by Crippen LogP contribution is 2.18. The van der Waals surface area contributed by atoms with Gasteiger partial charge in [0.05, 0.1) is 11.6 Å². The second kappa shape index (κ2) is 5.80. The third kappa shape index (κ3) is 3.41. The molecule has 0 spiro atoms. The lowest BCUT2D eigenvalue weighted by Crippen LogP contribution is -2.33. The Hall–Kier alpha value is -0.640. The molecule has 94 valence electrons. The molecule has 1 heterocycles. The Labute approximate surface area is 106 Å². The van der Waals surface area contributed by atoms with Gasteiger partial charge in [0.25, 0.3) is 0 Å². The van der Waals surface area contributed by atoms with Crippen molar-refractivity contribution < 1.29 is 9.13 Å². The molecule has 2 atom stereocenters. The minimum absolute atomic E-state index is 0.182. The summed E-state index contributed by atoms with van der Waals surface area (Å²) in [5, 5.41) is 3.61. The molecule has 2 rings (SSSR count). The van der Waals surface area contributed by atoms with Crippen LogP contribution < -0.4 is 5.32 Å². The van der Waals surface area contributed by atoms with Gasteiger partial charge in [0.2, 0.25) is 0 Å². The van der Waals surface area contributed by atoms with E-state index in [4.69, 9.17) is 16.3 Å². The Balaban J connectivity index is 1.86. The highest BCUT2D eigenvalue weighted by atomic mass is 35.5. The predicted octanol–water partition coefficient (Wildman–Crippen LogP) is 2.99. The van der Waals surface area contributed by atoms with Crippen LogP contribution >= 0.6 is 11.6 Å². The Kier molecular flexibility index (Phi) is 4.37. The van der Waals surface area contributed by atoms with E-state index >= 15 is 0 Å². The fourth-order valence-corrected chi connectivity index (χ4v) is 2.25. The minimum atomic E-state index is -0.368. The quantitative estimate of drug-likeness (QED) is 0.895. The van der Waals surface area contributed by atoms with Gasteiger partial charge < -0.3 is 10.1 Å². The molecule has 1 aliphatic rings. The van der Waals surface area contributed by atoms with Crippen LogP contribution in [-0.4, -0.2) is 19.3 Å². The van der Waals surface area contributed by atoms with Crippen LogP contribution in [0, 0.1) is 11.7 Å². The highest BCUT2D eigenvalue weighted by Gasteiger charge is 2.21. The lowest BCUT2D eigenvalue weighted by molar-refractivity contribution is 0.178. The summed E-state index contributed by atoms with van der Waals surface area (Å²) in [5.74, 6) is 0.207. The largest absolute Gasteiger partial charge is 0.381 e. The monoisotopic (exact) mass is 257 g/mol. The lowest BCUT2D eigenvalue weighted by Gasteiger charge is -2.19. The second-order valence-electron chi connectivity index (χ2n) is 4.54. The van der Waals surface area contributed by atoms with Crippen LogP contribution in [0.25, 0.3) is 0 Å². The van der Waals surface area contributed by atoms with E-state index < -0.39 is 0 Å². The predicted molar refractivity (Wildman–Crippen MR) is 66.6 cm³/mol. The van der Waals surface area contributed by atoms with E-state index in [-0.39, 0.29) is 10.8 Å². The molecule has 2 nitrogen and oxygen atoms in total. The third-order valence-corrected chi connectivity index (χ3v) is 3.57. The summed E-state index contributed by atoms with van der Waals surface area (Å²) in [5.41, 5.74) is 1.00. The number of ether oxygens (including phenoxy) is 1. The van der Waals surface area contributed by atoms with E-state index in [0.717, 1.165) is 25.2 Å². The average Bonchev–Trinajstić information content (AvgIpc) is 2.84.